The summed E-state index contributed by atoms with van der Waals surface area (Å²) in [7, 11) is 1.50. The quantitative estimate of drug-likeness (QED) is 0.244. The van der Waals surface area contributed by atoms with Crippen LogP contribution in [0, 0.1) is 13.8 Å². The first-order valence-corrected chi connectivity index (χ1v) is 11.4. The van der Waals surface area contributed by atoms with Gasteiger partial charge in [0.15, 0.2) is 0 Å². The molecule has 7 heteroatoms. The van der Waals surface area contributed by atoms with Crippen LogP contribution in [0.4, 0.5) is 5.69 Å². The monoisotopic (exact) mass is 525 g/mol. The van der Waals surface area contributed by atoms with Gasteiger partial charge in [0.2, 0.25) is 0 Å². The van der Waals surface area contributed by atoms with Gasteiger partial charge in [-0.3, -0.25) is 14.5 Å². The fraction of sp³-hybridized carbons (Fsp3) is 0.154. The number of anilines is 1. The number of halogens is 2. The first kappa shape index (κ1) is 23.1. The summed E-state index contributed by atoms with van der Waals surface area (Å²) in [5.74, 6) is -1.26. The molecule has 1 atom stereocenters. The van der Waals surface area contributed by atoms with Gasteiger partial charge in [-0.15, -0.1) is 0 Å². The number of aryl methyl sites for hydroxylation is 2. The normalized spacial score (nSPS) is 17.5. The second kappa shape index (κ2) is 9.04. The third-order valence-corrected chi connectivity index (χ3v) is 6.96. The summed E-state index contributed by atoms with van der Waals surface area (Å²) in [6.45, 7) is 3.79. The van der Waals surface area contributed by atoms with Crippen molar-refractivity contribution in [3.8, 4) is 5.75 Å². The fourth-order valence-electron chi connectivity index (χ4n) is 4.04. The lowest BCUT2D eigenvalue weighted by molar-refractivity contribution is -0.132. The number of rotatable bonds is 4. The average Bonchev–Trinajstić information content (AvgIpc) is 3.05. The number of aliphatic hydroxyl groups is 1. The summed E-state index contributed by atoms with van der Waals surface area (Å²) in [6.07, 6.45) is 0. The molecule has 1 unspecified atom stereocenters. The van der Waals surface area contributed by atoms with Gasteiger partial charge in [-0.2, -0.15) is 0 Å². The van der Waals surface area contributed by atoms with E-state index in [9.17, 15) is 14.7 Å². The fourth-order valence-corrected chi connectivity index (χ4v) is 4.54. The summed E-state index contributed by atoms with van der Waals surface area (Å²) in [5.41, 5.74) is 3.43. The van der Waals surface area contributed by atoms with E-state index in [1.807, 2.05) is 38.1 Å². The van der Waals surface area contributed by atoms with Gasteiger partial charge < -0.3 is 9.84 Å². The Morgan fingerprint density at radius 1 is 1.03 bits per heavy atom. The highest BCUT2D eigenvalue weighted by Crippen LogP contribution is 2.44. The summed E-state index contributed by atoms with van der Waals surface area (Å²) >= 11 is 9.78. The molecule has 1 saturated heterocycles. The predicted octanol–water partition coefficient (Wildman–Crippen LogP) is 6.35. The van der Waals surface area contributed by atoms with E-state index in [0.29, 0.717) is 22.0 Å². The van der Waals surface area contributed by atoms with E-state index in [1.165, 1.54) is 12.0 Å². The Morgan fingerprint density at radius 3 is 2.39 bits per heavy atom. The molecule has 1 aliphatic heterocycles. The van der Waals surface area contributed by atoms with Crippen molar-refractivity contribution in [3.05, 3.63) is 98.0 Å². The van der Waals surface area contributed by atoms with Crippen molar-refractivity contribution in [2.75, 3.05) is 12.0 Å². The number of hydrogen-bond donors (Lipinski definition) is 1. The first-order chi connectivity index (χ1) is 15.7. The average molecular weight is 527 g/mol. The molecule has 0 aliphatic carbocycles. The summed E-state index contributed by atoms with van der Waals surface area (Å²) in [6, 6.07) is 16.8. The molecular formula is C26H21BrClNO4. The van der Waals surface area contributed by atoms with Crippen molar-refractivity contribution >= 4 is 50.7 Å². The van der Waals surface area contributed by atoms with Crippen LogP contribution in [0.3, 0.4) is 0 Å². The molecule has 1 aliphatic rings. The number of ketones is 1. The molecule has 168 valence electrons. The Hall–Kier alpha value is -3.09. The highest BCUT2D eigenvalue weighted by atomic mass is 79.9. The minimum atomic E-state index is -0.820. The topological polar surface area (TPSA) is 66.8 Å². The number of Topliss-reactive ketones (excluding diaryl/α,β-unsaturated/α-hetero) is 1. The number of hydrogen-bond acceptors (Lipinski definition) is 4. The first-order valence-electron chi connectivity index (χ1n) is 10.2. The third kappa shape index (κ3) is 4.05. The van der Waals surface area contributed by atoms with Gasteiger partial charge in [0, 0.05) is 15.7 Å². The maximum absolute atomic E-state index is 13.3. The Morgan fingerprint density at radius 2 is 1.76 bits per heavy atom. The molecule has 0 aromatic heterocycles. The van der Waals surface area contributed by atoms with Crippen LogP contribution in [0.2, 0.25) is 5.02 Å². The zero-order valence-corrected chi connectivity index (χ0v) is 20.6. The van der Waals surface area contributed by atoms with E-state index in [1.54, 1.807) is 36.4 Å². The van der Waals surface area contributed by atoms with Gasteiger partial charge in [0.1, 0.15) is 11.5 Å². The summed E-state index contributed by atoms with van der Waals surface area (Å²) in [5, 5.41) is 11.6. The zero-order chi connectivity index (χ0) is 23.9. The number of ether oxygens (including phenoxy) is 1. The van der Waals surface area contributed by atoms with Crippen LogP contribution in [-0.2, 0) is 9.59 Å². The van der Waals surface area contributed by atoms with E-state index in [2.05, 4.69) is 15.9 Å². The van der Waals surface area contributed by atoms with Gasteiger partial charge in [-0.05, 0) is 60.9 Å². The molecule has 1 fully saturated rings. The molecule has 5 nitrogen and oxygen atoms in total. The number of carbonyl (C=O) groups excluding carboxylic acids is 2. The van der Waals surface area contributed by atoms with Crippen LogP contribution in [0.15, 0.2) is 70.7 Å². The van der Waals surface area contributed by atoms with Crippen molar-refractivity contribution in [2.45, 2.75) is 19.9 Å². The van der Waals surface area contributed by atoms with E-state index < -0.39 is 17.7 Å². The van der Waals surface area contributed by atoms with Gasteiger partial charge in [-0.1, -0.05) is 57.9 Å². The van der Waals surface area contributed by atoms with Crippen LogP contribution in [0.25, 0.3) is 5.76 Å². The Bertz CT molecular complexity index is 1320. The van der Waals surface area contributed by atoms with Crippen LogP contribution in [0.5, 0.6) is 5.75 Å². The molecule has 4 rings (SSSR count). The molecule has 0 spiro atoms. The van der Waals surface area contributed by atoms with Gasteiger partial charge in [-0.25, -0.2) is 0 Å². The van der Waals surface area contributed by atoms with Gasteiger partial charge in [0.05, 0.1) is 23.7 Å². The standard InChI is InChI=1S/C26H21BrClNO4/c1-14-6-4-5-7-18(14)23-22(24(30)16-8-10-19(27)15(2)12-16)25(31)26(32)29(23)17-9-11-21(33-3)20(28)13-17/h4-13,23,30H,1-3H3/b24-22+. The third-order valence-electron chi connectivity index (χ3n) is 5.77. The molecule has 1 heterocycles. The van der Waals surface area contributed by atoms with E-state index in [0.717, 1.165) is 21.2 Å². The number of methoxy groups -OCH3 is 1. The SMILES string of the molecule is COc1ccc(N2C(=O)C(=O)/C(=C(/O)c3ccc(Br)c(C)c3)C2c2ccccc2C)cc1Cl. The van der Waals surface area contributed by atoms with E-state index in [-0.39, 0.29) is 11.3 Å². The molecule has 0 bridgehead atoms. The molecule has 3 aromatic carbocycles. The maximum atomic E-state index is 13.3. The van der Waals surface area contributed by atoms with Crippen molar-refractivity contribution in [1.29, 1.82) is 0 Å². The number of aliphatic hydroxyl groups excluding tert-OH is 1. The minimum absolute atomic E-state index is 0.0305. The van der Waals surface area contributed by atoms with Crippen molar-refractivity contribution in [1.82, 2.24) is 0 Å². The molecule has 3 aromatic rings. The Balaban J connectivity index is 1.97. The molecule has 0 saturated carbocycles. The Labute approximate surface area is 205 Å². The number of benzene rings is 3. The number of carbonyl (C=O) groups is 2. The summed E-state index contributed by atoms with van der Waals surface area (Å²) in [4.78, 5) is 27.9. The second-order valence-corrected chi connectivity index (χ2v) is 9.07. The highest BCUT2D eigenvalue weighted by Gasteiger charge is 2.47. The van der Waals surface area contributed by atoms with E-state index >= 15 is 0 Å². The summed E-state index contributed by atoms with van der Waals surface area (Å²) < 4.78 is 6.10. The van der Waals surface area contributed by atoms with Crippen molar-refractivity contribution in [2.24, 2.45) is 0 Å². The van der Waals surface area contributed by atoms with Crippen LogP contribution in [-0.4, -0.2) is 23.9 Å². The van der Waals surface area contributed by atoms with Gasteiger partial charge in [0.25, 0.3) is 11.7 Å². The molecular weight excluding hydrogens is 506 g/mol. The molecule has 0 radical (unpaired) electrons. The van der Waals surface area contributed by atoms with Crippen LogP contribution < -0.4 is 9.64 Å². The maximum Gasteiger partial charge on any atom is 0.300 e. The predicted molar refractivity (Wildman–Crippen MR) is 133 cm³/mol. The van der Waals surface area contributed by atoms with Crippen LogP contribution >= 0.6 is 27.5 Å². The lowest BCUT2D eigenvalue weighted by Gasteiger charge is -2.27. The smallest absolute Gasteiger partial charge is 0.300 e. The highest BCUT2D eigenvalue weighted by molar-refractivity contribution is 9.10. The second-order valence-electron chi connectivity index (χ2n) is 7.81. The van der Waals surface area contributed by atoms with E-state index in [4.69, 9.17) is 16.3 Å². The van der Waals surface area contributed by atoms with Gasteiger partial charge >= 0.3 is 0 Å². The van der Waals surface area contributed by atoms with Crippen molar-refractivity contribution in [3.63, 3.8) is 0 Å². The largest absolute Gasteiger partial charge is 0.507 e. The zero-order valence-electron chi connectivity index (χ0n) is 18.2. The molecule has 1 N–H and O–H groups in total. The van der Waals surface area contributed by atoms with Crippen molar-refractivity contribution < 1.29 is 19.4 Å². The van der Waals surface area contributed by atoms with Crippen LogP contribution in [0.1, 0.15) is 28.3 Å². The lowest BCUT2D eigenvalue weighted by Crippen LogP contribution is -2.29. The number of amides is 1. The minimum Gasteiger partial charge on any atom is -0.507 e. The Kier molecular flexibility index (Phi) is 6.32. The molecule has 33 heavy (non-hydrogen) atoms. The lowest BCUT2D eigenvalue weighted by atomic mass is 9.92. The molecule has 1 amide bonds. The number of nitrogens with zero attached hydrogens (tertiary/aromatic N) is 1.